The number of rotatable bonds is 17. The molecule has 0 N–H and O–H groups in total. The van der Waals surface area contributed by atoms with Gasteiger partial charge in [-0.3, -0.25) is 4.79 Å². The quantitative estimate of drug-likeness (QED) is 0.101. The summed E-state index contributed by atoms with van der Waals surface area (Å²) in [7, 11) is 4.30. The highest BCUT2D eigenvalue weighted by molar-refractivity contribution is 5.72. The number of carbonyl (C=O) groups is 1. The minimum absolute atomic E-state index is 0.211. The third-order valence-electron chi connectivity index (χ3n) is 6.47. The van der Waals surface area contributed by atoms with Gasteiger partial charge in [-0.05, 0) is 31.4 Å². The SMILES string of the molecule is CCCCCCCCCCc1ccccc1OC(C)OC(=O)C(C)C[N+](C)(C)Cc1ccccc1. The van der Waals surface area contributed by atoms with E-state index in [1.165, 1.54) is 56.1 Å². The molecule has 0 radical (unpaired) electrons. The summed E-state index contributed by atoms with van der Waals surface area (Å²) in [4.78, 5) is 12.8. The molecule has 4 heteroatoms. The van der Waals surface area contributed by atoms with Gasteiger partial charge < -0.3 is 14.0 Å². The van der Waals surface area contributed by atoms with Gasteiger partial charge in [0, 0.05) is 12.5 Å². The molecule has 0 aliphatic rings. The Balaban J connectivity index is 1.77. The highest BCUT2D eigenvalue weighted by Gasteiger charge is 2.27. The topological polar surface area (TPSA) is 35.5 Å². The lowest BCUT2D eigenvalue weighted by atomic mass is 10.0. The number of hydrogen-bond acceptors (Lipinski definition) is 3. The van der Waals surface area contributed by atoms with Gasteiger partial charge in [-0.1, -0.05) is 100 Å². The lowest BCUT2D eigenvalue weighted by Crippen LogP contribution is -2.44. The Morgan fingerprint density at radius 2 is 1.43 bits per heavy atom. The van der Waals surface area contributed by atoms with Crippen LogP contribution in [0.3, 0.4) is 0 Å². The Labute approximate surface area is 214 Å². The number of para-hydroxylation sites is 1. The number of ether oxygens (including phenoxy) is 2. The van der Waals surface area contributed by atoms with Gasteiger partial charge in [0.2, 0.25) is 6.29 Å². The van der Waals surface area contributed by atoms with Crippen molar-refractivity contribution < 1.29 is 18.8 Å². The van der Waals surface area contributed by atoms with E-state index in [0.29, 0.717) is 6.54 Å². The van der Waals surface area contributed by atoms with Crippen LogP contribution in [0.25, 0.3) is 0 Å². The maximum atomic E-state index is 12.8. The van der Waals surface area contributed by atoms with Crippen LogP contribution in [0.5, 0.6) is 5.75 Å². The summed E-state index contributed by atoms with van der Waals surface area (Å²) in [6.45, 7) is 7.58. The van der Waals surface area contributed by atoms with Crippen molar-refractivity contribution in [3.8, 4) is 5.75 Å². The lowest BCUT2D eigenvalue weighted by Gasteiger charge is -2.32. The minimum Gasteiger partial charge on any atom is -0.455 e. The number of esters is 1. The third kappa shape index (κ3) is 11.8. The van der Waals surface area contributed by atoms with Crippen molar-refractivity contribution in [3.05, 3.63) is 65.7 Å². The first-order valence-corrected chi connectivity index (χ1v) is 13.6. The molecule has 0 aliphatic heterocycles. The van der Waals surface area contributed by atoms with Crippen LogP contribution in [0.1, 0.15) is 83.3 Å². The molecule has 0 saturated heterocycles. The van der Waals surface area contributed by atoms with E-state index in [1.807, 2.05) is 32.0 Å². The molecular weight excluding hydrogens is 434 g/mol. The van der Waals surface area contributed by atoms with Gasteiger partial charge in [0.05, 0.1) is 20.6 Å². The number of hydrogen-bond donors (Lipinski definition) is 0. The van der Waals surface area contributed by atoms with Gasteiger partial charge in [0.25, 0.3) is 0 Å². The summed E-state index contributed by atoms with van der Waals surface area (Å²) in [6.07, 6.45) is 10.8. The Morgan fingerprint density at radius 3 is 2.11 bits per heavy atom. The highest BCUT2D eigenvalue weighted by Crippen LogP contribution is 2.23. The molecule has 2 atom stereocenters. The van der Waals surface area contributed by atoms with Crippen molar-refractivity contribution in [2.75, 3.05) is 20.6 Å². The fourth-order valence-electron chi connectivity index (χ4n) is 4.72. The second kappa shape index (κ2) is 15.6. The Bertz CT molecular complexity index is 849. The van der Waals surface area contributed by atoms with E-state index >= 15 is 0 Å². The van der Waals surface area contributed by atoms with E-state index < -0.39 is 6.29 Å². The first kappa shape index (κ1) is 28.9. The molecule has 0 bridgehead atoms. The predicted molar refractivity (Wildman–Crippen MR) is 145 cm³/mol. The molecule has 2 rings (SSSR count). The average Bonchev–Trinajstić information content (AvgIpc) is 2.81. The maximum absolute atomic E-state index is 12.8. The number of benzene rings is 2. The maximum Gasteiger partial charge on any atom is 0.317 e. The van der Waals surface area contributed by atoms with Gasteiger partial charge in [0.15, 0.2) is 0 Å². The molecule has 0 saturated carbocycles. The normalized spacial score (nSPS) is 13.3. The molecule has 0 amide bonds. The van der Waals surface area contributed by atoms with Crippen molar-refractivity contribution in [2.24, 2.45) is 5.92 Å². The summed E-state index contributed by atoms with van der Waals surface area (Å²) < 4.78 is 12.5. The van der Waals surface area contributed by atoms with Gasteiger partial charge in [-0.15, -0.1) is 0 Å². The summed E-state index contributed by atoms with van der Waals surface area (Å²) >= 11 is 0. The van der Waals surface area contributed by atoms with Gasteiger partial charge in [-0.25, -0.2) is 0 Å². The fourth-order valence-corrected chi connectivity index (χ4v) is 4.72. The van der Waals surface area contributed by atoms with Crippen LogP contribution in [0.15, 0.2) is 54.6 Å². The smallest absolute Gasteiger partial charge is 0.317 e. The Morgan fingerprint density at radius 1 is 0.829 bits per heavy atom. The van der Waals surface area contributed by atoms with Crippen molar-refractivity contribution in [2.45, 2.75) is 91.4 Å². The highest BCUT2D eigenvalue weighted by atomic mass is 16.7. The number of quaternary nitrogens is 1. The van der Waals surface area contributed by atoms with Crippen LogP contribution in [0, 0.1) is 5.92 Å². The van der Waals surface area contributed by atoms with E-state index in [4.69, 9.17) is 9.47 Å². The van der Waals surface area contributed by atoms with Crippen LogP contribution in [0.4, 0.5) is 0 Å². The summed E-state index contributed by atoms with van der Waals surface area (Å²) in [5.41, 5.74) is 2.46. The summed E-state index contributed by atoms with van der Waals surface area (Å²) in [6, 6.07) is 18.5. The molecular formula is C31H48NO3+. The van der Waals surface area contributed by atoms with Crippen LogP contribution < -0.4 is 4.74 Å². The largest absolute Gasteiger partial charge is 0.455 e. The van der Waals surface area contributed by atoms with Crippen LogP contribution in [-0.2, 0) is 22.5 Å². The molecule has 2 aromatic rings. The van der Waals surface area contributed by atoms with E-state index in [2.05, 4.69) is 57.4 Å². The molecule has 0 aliphatic carbocycles. The van der Waals surface area contributed by atoms with Gasteiger partial charge >= 0.3 is 5.97 Å². The Kier molecular flexibility index (Phi) is 12.9. The second-order valence-electron chi connectivity index (χ2n) is 10.6. The molecule has 0 fully saturated rings. The molecule has 0 spiro atoms. The van der Waals surface area contributed by atoms with E-state index in [1.54, 1.807) is 0 Å². The first-order valence-electron chi connectivity index (χ1n) is 13.6. The van der Waals surface area contributed by atoms with Gasteiger partial charge in [0.1, 0.15) is 18.2 Å². The number of carbonyl (C=O) groups excluding carboxylic acids is 1. The summed E-state index contributed by atoms with van der Waals surface area (Å²) in [5, 5.41) is 0. The first-order chi connectivity index (χ1) is 16.8. The standard InChI is InChI=1S/C31H48NO3/c1-6-7-8-9-10-11-12-16-21-29-22-17-18-23-30(29)34-27(3)35-31(33)26(2)24-32(4,5)25-28-19-14-13-15-20-28/h13-15,17-20,22-23,26-27H,6-12,16,21,24-25H2,1-5H3/q+1. The molecule has 4 nitrogen and oxygen atoms in total. The molecule has 194 valence electrons. The van der Waals surface area contributed by atoms with E-state index in [0.717, 1.165) is 29.6 Å². The number of unbranched alkanes of at least 4 members (excludes halogenated alkanes) is 7. The van der Waals surface area contributed by atoms with Crippen LogP contribution in [-0.4, -0.2) is 37.4 Å². The second-order valence-corrected chi connectivity index (χ2v) is 10.6. The van der Waals surface area contributed by atoms with Crippen molar-refractivity contribution in [3.63, 3.8) is 0 Å². The average molecular weight is 483 g/mol. The zero-order chi connectivity index (χ0) is 25.5. The molecule has 35 heavy (non-hydrogen) atoms. The molecule has 2 unspecified atom stereocenters. The minimum atomic E-state index is -0.616. The van der Waals surface area contributed by atoms with Crippen LogP contribution in [0.2, 0.25) is 0 Å². The zero-order valence-corrected chi connectivity index (χ0v) is 22.8. The molecule has 2 aromatic carbocycles. The van der Waals surface area contributed by atoms with Crippen LogP contribution >= 0.6 is 0 Å². The van der Waals surface area contributed by atoms with E-state index in [-0.39, 0.29) is 11.9 Å². The molecule has 0 heterocycles. The number of nitrogens with zero attached hydrogens (tertiary/aromatic N) is 1. The zero-order valence-electron chi connectivity index (χ0n) is 22.8. The van der Waals surface area contributed by atoms with Crippen molar-refractivity contribution in [1.29, 1.82) is 0 Å². The monoisotopic (exact) mass is 482 g/mol. The number of aryl methyl sites for hydroxylation is 1. The van der Waals surface area contributed by atoms with Crippen molar-refractivity contribution in [1.82, 2.24) is 0 Å². The van der Waals surface area contributed by atoms with E-state index in [9.17, 15) is 4.79 Å². The lowest BCUT2D eigenvalue weighted by molar-refractivity contribution is -0.905. The third-order valence-corrected chi connectivity index (χ3v) is 6.47. The fraction of sp³-hybridized carbons (Fsp3) is 0.581. The Hall–Kier alpha value is -2.33. The predicted octanol–water partition coefficient (Wildman–Crippen LogP) is 7.55. The van der Waals surface area contributed by atoms with Crippen molar-refractivity contribution >= 4 is 5.97 Å². The summed E-state index contributed by atoms with van der Waals surface area (Å²) in [5.74, 6) is 0.397. The van der Waals surface area contributed by atoms with Gasteiger partial charge in [-0.2, -0.15) is 0 Å². The molecule has 0 aromatic heterocycles.